The first kappa shape index (κ1) is 29.3. The molecular formula is C33H37N3O7S. The largest absolute Gasteiger partial charge is 0.496 e. The van der Waals surface area contributed by atoms with Gasteiger partial charge in [-0.2, -0.15) is 17.0 Å². The Labute approximate surface area is 261 Å². The summed E-state index contributed by atoms with van der Waals surface area (Å²) in [6.07, 6.45) is 0.702. The fourth-order valence-electron chi connectivity index (χ4n) is 8.39. The van der Waals surface area contributed by atoms with Crippen molar-refractivity contribution >= 4 is 23.7 Å². The monoisotopic (exact) mass is 619 g/mol. The number of nitrogens with zero attached hydrogens (tertiary/aromatic N) is 3. The minimum absolute atomic E-state index is 0.0261. The highest BCUT2D eigenvalue weighted by Crippen LogP contribution is 2.63. The van der Waals surface area contributed by atoms with Gasteiger partial charge in [0.05, 0.1) is 36.4 Å². The number of nitriles is 1. The van der Waals surface area contributed by atoms with Crippen molar-refractivity contribution in [2.24, 2.45) is 5.92 Å². The van der Waals surface area contributed by atoms with Crippen LogP contribution in [0.3, 0.4) is 0 Å². The van der Waals surface area contributed by atoms with Gasteiger partial charge in [-0.3, -0.25) is 19.4 Å². The summed E-state index contributed by atoms with van der Waals surface area (Å²) in [6, 6.07) is 3.41. The van der Waals surface area contributed by atoms with Gasteiger partial charge in [-0.05, 0) is 56.5 Å². The third kappa shape index (κ3) is 4.00. The Morgan fingerprint density at radius 3 is 2.55 bits per heavy atom. The molecule has 2 aromatic rings. The molecule has 0 spiro atoms. The molecule has 5 aliphatic rings. The maximum Gasteiger partial charge on any atom is 0.309 e. The normalized spacial score (nSPS) is 30.4. The van der Waals surface area contributed by atoms with Crippen molar-refractivity contribution in [3.05, 3.63) is 45.0 Å². The number of carbonyl (C=O) groups excluding carboxylic acids is 2. The zero-order chi connectivity index (χ0) is 31.2. The quantitative estimate of drug-likeness (QED) is 0.351. The Morgan fingerprint density at radius 2 is 1.84 bits per heavy atom. The SMILES string of the molecule is COc1c(C)cc2c(c1C)[C@@H]1C3[C@@H]4SC[C@H](C)C(=O)OC[C@@H](c5c6c(c(C)c(OC(C)=O)c54)OCO6)N3[C@@H](C#N)[C@H](C2)N1C. The number of hydrogen-bond donors (Lipinski definition) is 0. The lowest BCUT2D eigenvalue weighted by molar-refractivity contribution is -0.153. The topological polar surface area (TPSA) is 111 Å². The van der Waals surface area contributed by atoms with Gasteiger partial charge in [-0.25, -0.2) is 0 Å². The number of piperazine rings is 1. The first-order valence-electron chi connectivity index (χ1n) is 15.1. The van der Waals surface area contributed by atoms with Crippen LogP contribution >= 0.6 is 11.8 Å². The molecule has 0 aliphatic carbocycles. The number of fused-ring (bicyclic) bond motifs is 9. The van der Waals surface area contributed by atoms with E-state index in [2.05, 4.69) is 42.8 Å². The van der Waals surface area contributed by atoms with Crippen LogP contribution in [-0.4, -0.2) is 73.2 Å². The number of esters is 2. The Bertz CT molecular complexity index is 1640. The smallest absolute Gasteiger partial charge is 0.309 e. The van der Waals surface area contributed by atoms with Crippen LogP contribution < -0.4 is 18.9 Å². The number of carbonyl (C=O) groups is 2. The van der Waals surface area contributed by atoms with Gasteiger partial charge in [0.15, 0.2) is 11.5 Å². The lowest BCUT2D eigenvalue weighted by atomic mass is 9.70. The number of methoxy groups -OCH3 is 1. The molecule has 0 amide bonds. The molecule has 7 rings (SSSR count). The van der Waals surface area contributed by atoms with Crippen LogP contribution in [0.25, 0.3) is 0 Å². The summed E-state index contributed by atoms with van der Waals surface area (Å²) in [5.41, 5.74) is 6.93. The first-order chi connectivity index (χ1) is 21.1. The van der Waals surface area contributed by atoms with Crippen LogP contribution in [0.2, 0.25) is 0 Å². The predicted octanol–water partition coefficient (Wildman–Crippen LogP) is 4.47. The highest BCUT2D eigenvalue weighted by molar-refractivity contribution is 7.99. The molecule has 2 fully saturated rings. The van der Waals surface area contributed by atoms with Crippen LogP contribution in [0.15, 0.2) is 6.07 Å². The molecule has 10 nitrogen and oxygen atoms in total. The molecule has 0 N–H and O–H groups in total. The summed E-state index contributed by atoms with van der Waals surface area (Å²) in [5.74, 6) is 1.87. The average molecular weight is 620 g/mol. The summed E-state index contributed by atoms with van der Waals surface area (Å²) in [7, 11) is 3.82. The minimum Gasteiger partial charge on any atom is -0.496 e. The predicted molar refractivity (Wildman–Crippen MR) is 162 cm³/mol. The van der Waals surface area contributed by atoms with Gasteiger partial charge in [0.1, 0.15) is 24.1 Å². The van der Waals surface area contributed by atoms with E-state index in [1.165, 1.54) is 18.1 Å². The summed E-state index contributed by atoms with van der Waals surface area (Å²) in [4.78, 5) is 30.4. The van der Waals surface area contributed by atoms with Gasteiger partial charge >= 0.3 is 11.9 Å². The number of benzene rings is 2. The lowest BCUT2D eigenvalue weighted by Crippen LogP contribution is -2.69. The van der Waals surface area contributed by atoms with Crippen LogP contribution in [0.5, 0.6) is 23.0 Å². The van der Waals surface area contributed by atoms with E-state index < -0.39 is 18.1 Å². The van der Waals surface area contributed by atoms with Crippen molar-refractivity contribution < 1.29 is 33.3 Å². The van der Waals surface area contributed by atoms with Gasteiger partial charge < -0.3 is 23.7 Å². The van der Waals surface area contributed by atoms with E-state index in [1.807, 2.05) is 13.8 Å². The number of aryl methyl sites for hydroxylation is 1. The van der Waals surface area contributed by atoms with Crippen LogP contribution in [0.4, 0.5) is 0 Å². The van der Waals surface area contributed by atoms with E-state index in [-0.39, 0.29) is 48.7 Å². The maximum atomic E-state index is 13.1. The Morgan fingerprint density at radius 1 is 1.09 bits per heavy atom. The maximum absolute atomic E-state index is 13.1. The van der Waals surface area contributed by atoms with E-state index in [1.54, 1.807) is 18.9 Å². The second-order valence-corrected chi connectivity index (χ2v) is 13.7. The average Bonchev–Trinajstić information content (AvgIpc) is 3.47. The second-order valence-electron chi connectivity index (χ2n) is 12.6. The van der Waals surface area contributed by atoms with Gasteiger partial charge in [0.25, 0.3) is 0 Å². The van der Waals surface area contributed by atoms with Crippen LogP contribution in [0, 0.1) is 38.0 Å². The highest BCUT2D eigenvalue weighted by Gasteiger charge is 2.60. The zero-order valence-corrected chi connectivity index (χ0v) is 26.9. The van der Waals surface area contributed by atoms with E-state index in [4.69, 9.17) is 23.7 Å². The second kappa shape index (κ2) is 10.6. The third-order valence-corrected chi connectivity index (χ3v) is 11.7. The highest BCUT2D eigenvalue weighted by atomic mass is 32.2. The number of likely N-dealkylation sites (N-methyl/N-ethyl adjacent to an activating group) is 1. The molecule has 0 saturated carbocycles. The van der Waals surface area contributed by atoms with Gasteiger partial charge in [0.2, 0.25) is 6.79 Å². The minimum atomic E-state index is -0.524. The van der Waals surface area contributed by atoms with Crippen LogP contribution in [0.1, 0.15) is 70.1 Å². The molecule has 0 aromatic heterocycles. The summed E-state index contributed by atoms with van der Waals surface area (Å²) in [6.45, 7) is 9.42. The molecule has 232 valence electrons. The molecule has 5 aliphatic heterocycles. The molecule has 4 bridgehead atoms. The van der Waals surface area contributed by atoms with Crippen LogP contribution in [-0.2, 0) is 20.7 Å². The van der Waals surface area contributed by atoms with Crippen molar-refractivity contribution in [1.29, 1.82) is 5.26 Å². The summed E-state index contributed by atoms with van der Waals surface area (Å²) >= 11 is 1.65. The van der Waals surface area contributed by atoms with E-state index >= 15 is 0 Å². The summed E-state index contributed by atoms with van der Waals surface area (Å²) < 4.78 is 30.0. The number of cyclic esters (lactones) is 1. The number of hydrogen-bond acceptors (Lipinski definition) is 11. The van der Waals surface area contributed by atoms with E-state index in [0.29, 0.717) is 35.0 Å². The van der Waals surface area contributed by atoms with E-state index in [0.717, 1.165) is 28.0 Å². The van der Waals surface area contributed by atoms with E-state index in [9.17, 15) is 14.9 Å². The van der Waals surface area contributed by atoms with Gasteiger partial charge in [0, 0.05) is 41.5 Å². The number of thioether (sulfide) groups is 1. The molecule has 2 aromatic carbocycles. The molecule has 2 saturated heterocycles. The van der Waals surface area contributed by atoms with Gasteiger partial charge in [-0.1, -0.05) is 13.0 Å². The standard InChI is InChI=1S/C33H37N3O7S/c1-14-8-19-9-20-21(10-34)36-22-11-40-33(38)15(2)12-44-32(27(36)26(35(20)6)23(19)16(3)28(14)39-7)25-24(22)31-30(41-13-42-31)17(4)29(25)43-18(5)37/h8,15,20-22,26-27,32H,9,11-13H2,1-7H3/t15-,20-,21-,22-,26+,27?,32+/m0/s1. The molecular weight excluding hydrogens is 582 g/mol. The Hall–Kier alpha value is -3.46. The molecule has 44 heavy (non-hydrogen) atoms. The van der Waals surface area contributed by atoms with Crippen molar-refractivity contribution in [2.45, 2.75) is 76.5 Å². The van der Waals surface area contributed by atoms with Crippen molar-refractivity contribution in [2.75, 3.05) is 33.3 Å². The Kier molecular flexibility index (Phi) is 7.03. The fourth-order valence-corrected chi connectivity index (χ4v) is 9.91. The fraction of sp³-hybridized carbons (Fsp3) is 0.545. The van der Waals surface area contributed by atoms with Crippen molar-refractivity contribution in [3.8, 4) is 29.1 Å². The van der Waals surface area contributed by atoms with Gasteiger partial charge in [-0.15, -0.1) is 0 Å². The summed E-state index contributed by atoms with van der Waals surface area (Å²) in [5, 5.41) is 10.6. The lowest BCUT2D eigenvalue weighted by Gasteiger charge is -2.62. The first-order valence-corrected chi connectivity index (χ1v) is 16.1. The van der Waals surface area contributed by atoms with Crippen molar-refractivity contribution in [1.82, 2.24) is 9.80 Å². The molecule has 5 heterocycles. The van der Waals surface area contributed by atoms with Crippen molar-refractivity contribution in [3.63, 3.8) is 0 Å². The molecule has 1 unspecified atom stereocenters. The third-order valence-electron chi connectivity index (χ3n) is 10.1. The zero-order valence-electron chi connectivity index (χ0n) is 26.1. The number of ether oxygens (including phenoxy) is 5. The Balaban J connectivity index is 1.56. The number of rotatable bonds is 2. The molecule has 7 atom stereocenters. The molecule has 0 radical (unpaired) electrons. The molecule has 11 heteroatoms.